The van der Waals surface area contributed by atoms with Gasteiger partial charge in [-0.2, -0.15) is 0 Å². The predicted molar refractivity (Wildman–Crippen MR) is 97.2 cm³/mol. The number of thiazole rings is 1. The lowest BCUT2D eigenvalue weighted by Crippen LogP contribution is -2.42. The van der Waals surface area contributed by atoms with E-state index in [4.69, 9.17) is 4.98 Å². The Hall–Kier alpha value is -2.14. The fourth-order valence-corrected chi connectivity index (χ4v) is 4.30. The van der Waals surface area contributed by atoms with E-state index in [9.17, 15) is 4.79 Å². The largest absolute Gasteiger partial charge is 0.340 e. The van der Waals surface area contributed by atoms with Crippen molar-refractivity contribution in [2.24, 2.45) is 0 Å². The van der Waals surface area contributed by atoms with Crippen molar-refractivity contribution in [3.8, 4) is 11.3 Å². The zero-order valence-electron chi connectivity index (χ0n) is 13.8. The van der Waals surface area contributed by atoms with Gasteiger partial charge in [0, 0.05) is 35.4 Å². The number of carbonyl (C=O) groups excluding carboxylic acids is 1. The van der Waals surface area contributed by atoms with Gasteiger partial charge in [-0.25, -0.2) is 4.98 Å². The maximum atomic E-state index is 12.7. The first-order valence-corrected chi connectivity index (χ1v) is 9.41. The van der Waals surface area contributed by atoms with Gasteiger partial charge in [0.2, 0.25) is 5.91 Å². The number of likely N-dealkylation sites (tertiary alicyclic amines) is 1. The van der Waals surface area contributed by atoms with Crippen LogP contribution in [0.25, 0.3) is 16.2 Å². The van der Waals surface area contributed by atoms with Gasteiger partial charge < -0.3 is 4.90 Å². The number of nitrogens with zero attached hydrogens (tertiary/aromatic N) is 3. The third-order valence-electron chi connectivity index (χ3n) is 4.81. The lowest BCUT2D eigenvalue weighted by Gasteiger charge is -2.33. The number of rotatable bonds is 3. The van der Waals surface area contributed by atoms with Crippen LogP contribution in [0.2, 0.25) is 0 Å². The smallest absolute Gasteiger partial charge is 0.228 e. The third-order valence-corrected chi connectivity index (χ3v) is 5.70. The van der Waals surface area contributed by atoms with Gasteiger partial charge in [-0.1, -0.05) is 30.3 Å². The molecule has 1 saturated heterocycles. The number of fused-ring (bicyclic) bond motifs is 1. The molecule has 1 aliphatic rings. The molecule has 24 heavy (non-hydrogen) atoms. The summed E-state index contributed by atoms with van der Waals surface area (Å²) >= 11 is 1.60. The Morgan fingerprint density at radius 3 is 2.92 bits per heavy atom. The molecule has 0 N–H and O–H groups in total. The van der Waals surface area contributed by atoms with Gasteiger partial charge in [0.05, 0.1) is 12.1 Å². The zero-order chi connectivity index (χ0) is 16.5. The molecule has 0 radical (unpaired) electrons. The fourth-order valence-electron chi connectivity index (χ4n) is 3.43. The maximum absolute atomic E-state index is 12.7. The quantitative estimate of drug-likeness (QED) is 0.723. The van der Waals surface area contributed by atoms with Crippen molar-refractivity contribution in [1.82, 2.24) is 14.3 Å². The monoisotopic (exact) mass is 339 g/mol. The summed E-state index contributed by atoms with van der Waals surface area (Å²) in [6, 6.07) is 10.5. The highest BCUT2D eigenvalue weighted by Gasteiger charge is 2.24. The number of piperidine rings is 1. The molecule has 1 aromatic carbocycles. The van der Waals surface area contributed by atoms with E-state index in [1.807, 2.05) is 29.3 Å². The third kappa shape index (κ3) is 2.84. The maximum Gasteiger partial charge on any atom is 0.228 e. The molecular formula is C19H21N3OS. The van der Waals surface area contributed by atoms with Crippen LogP contribution in [-0.2, 0) is 11.2 Å². The number of benzene rings is 1. The molecule has 1 atom stereocenters. The first kappa shape index (κ1) is 15.4. The molecule has 4 rings (SSSR count). The van der Waals surface area contributed by atoms with Crippen LogP contribution in [0.5, 0.6) is 0 Å². The molecule has 2 aromatic heterocycles. The van der Waals surface area contributed by atoms with Gasteiger partial charge in [0.25, 0.3) is 0 Å². The van der Waals surface area contributed by atoms with E-state index in [0.29, 0.717) is 12.5 Å². The van der Waals surface area contributed by atoms with Crippen LogP contribution in [0, 0.1) is 0 Å². The highest BCUT2D eigenvalue weighted by molar-refractivity contribution is 7.15. The number of hydrogen-bond donors (Lipinski definition) is 0. The fraction of sp³-hybridized carbons (Fsp3) is 0.368. The SMILES string of the molecule is C[C@H]1CCCCN1C(=O)Cc1csc2nc(-c3ccccc3)cn12. The van der Waals surface area contributed by atoms with E-state index in [-0.39, 0.29) is 5.91 Å². The Balaban J connectivity index is 1.58. The van der Waals surface area contributed by atoms with E-state index in [1.165, 1.54) is 6.42 Å². The van der Waals surface area contributed by atoms with Gasteiger partial charge in [-0.15, -0.1) is 11.3 Å². The summed E-state index contributed by atoms with van der Waals surface area (Å²) in [7, 11) is 0. The van der Waals surface area contributed by atoms with Crippen molar-refractivity contribution in [1.29, 1.82) is 0 Å². The first-order chi connectivity index (χ1) is 11.7. The minimum absolute atomic E-state index is 0.233. The average Bonchev–Trinajstić information content (AvgIpc) is 3.18. The lowest BCUT2D eigenvalue weighted by atomic mass is 10.0. The molecule has 3 heterocycles. The zero-order valence-corrected chi connectivity index (χ0v) is 14.6. The molecule has 1 amide bonds. The highest BCUT2D eigenvalue weighted by atomic mass is 32.1. The van der Waals surface area contributed by atoms with Crippen LogP contribution in [0.3, 0.4) is 0 Å². The van der Waals surface area contributed by atoms with Crippen molar-refractivity contribution in [2.45, 2.75) is 38.6 Å². The highest BCUT2D eigenvalue weighted by Crippen LogP contribution is 2.25. The summed E-state index contributed by atoms with van der Waals surface area (Å²) in [5, 5.41) is 2.06. The summed E-state index contributed by atoms with van der Waals surface area (Å²) in [6.45, 7) is 3.05. The van der Waals surface area contributed by atoms with Crippen molar-refractivity contribution >= 4 is 22.2 Å². The van der Waals surface area contributed by atoms with E-state index >= 15 is 0 Å². The summed E-state index contributed by atoms with van der Waals surface area (Å²) in [6.07, 6.45) is 5.97. The van der Waals surface area contributed by atoms with Crippen molar-refractivity contribution in [2.75, 3.05) is 6.54 Å². The van der Waals surface area contributed by atoms with Gasteiger partial charge >= 0.3 is 0 Å². The van der Waals surface area contributed by atoms with Crippen molar-refractivity contribution in [3.05, 3.63) is 47.6 Å². The summed E-state index contributed by atoms with van der Waals surface area (Å²) in [5.41, 5.74) is 3.10. The van der Waals surface area contributed by atoms with E-state index in [0.717, 1.165) is 41.3 Å². The minimum atomic E-state index is 0.233. The minimum Gasteiger partial charge on any atom is -0.340 e. The van der Waals surface area contributed by atoms with E-state index in [2.05, 4.69) is 28.8 Å². The van der Waals surface area contributed by atoms with Crippen LogP contribution in [0.4, 0.5) is 0 Å². The summed E-state index contributed by atoms with van der Waals surface area (Å²) in [5.74, 6) is 0.233. The number of hydrogen-bond acceptors (Lipinski definition) is 3. The van der Waals surface area contributed by atoms with Crippen molar-refractivity contribution in [3.63, 3.8) is 0 Å². The second kappa shape index (κ2) is 6.40. The molecule has 124 valence electrons. The molecule has 0 saturated carbocycles. The first-order valence-electron chi connectivity index (χ1n) is 8.53. The van der Waals surface area contributed by atoms with Crippen LogP contribution in [-0.4, -0.2) is 32.8 Å². The number of aromatic nitrogens is 2. The lowest BCUT2D eigenvalue weighted by molar-refractivity contribution is -0.133. The second-order valence-corrected chi connectivity index (χ2v) is 7.32. The Bertz CT molecular complexity index is 852. The summed E-state index contributed by atoms with van der Waals surface area (Å²) in [4.78, 5) is 20.4. The molecule has 0 unspecified atom stereocenters. The number of amides is 1. The van der Waals surface area contributed by atoms with Crippen LogP contribution < -0.4 is 0 Å². The molecule has 4 nitrogen and oxygen atoms in total. The molecule has 0 spiro atoms. The number of imidazole rings is 1. The Kier molecular flexibility index (Phi) is 4.10. The molecule has 0 aliphatic carbocycles. The van der Waals surface area contributed by atoms with Gasteiger partial charge in [0.1, 0.15) is 0 Å². The van der Waals surface area contributed by atoms with Crippen LogP contribution >= 0.6 is 11.3 Å². The average molecular weight is 339 g/mol. The van der Waals surface area contributed by atoms with Crippen LogP contribution in [0.1, 0.15) is 31.9 Å². The topological polar surface area (TPSA) is 37.6 Å². The van der Waals surface area contributed by atoms with Crippen LogP contribution in [0.15, 0.2) is 41.9 Å². The van der Waals surface area contributed by atoms with Gasteiger partial charge in [-0.3, -0.25) is 9.20 Å². The molecule has 1 aliphatic heterocycles. The molecule has 0 bridgehead atoms. The predicted octanol–water partition coefficient (Wildman–Crippen LogP) is 4.01. The molecular weight excluding hydrogens is 318 g/mol. The Labute approximate surface area is 145 Å². The number of carbonyl (C=O) groups is 1. The standard InChI is InChI=1S/C19H21N3OS/c1-14-7-5-6-10-21(14)18(23)11-16-13-24-19-20-17(12-22(16)19)15-8-3-2-4-9-15/h2-4,8-9,12-14H,5-7,10-11H2,1H3/t14-/m0/s1. The molecule has 5 heteroatoms. The van der Waals surface area contributed by atoms with Gasteiger partial charge in [0.15, 0.2) is 4.96 Å². The molecule has 1 fully saturated rings. The normalized spacial score (nSPS) is 18.2. The molecule has 3 aromatic rings. The second-order valence-electron chi connectivity index (χ2n) is 6.48. The Morgan fingerprint density at radius 2 is 2.12 bits per heavy atom. The van der Waals surface area contributed by atoms with Crippen molar-refractivity contribution < 1.29 is 4.79 Å². The summed E-state index contributed by atoms with van der Waals surface area (Å²) < 4.78 is 2.07. The Morgan fingerprint density at radius 1 is 1.29 bits per heavy atom. The van der Waals surface area contributed by atoms with E-state index < -0.39 is 0 Å². The van der Waals surface area contributed by atoms with Gasteiger partial charge in [-0.05, 0) is 26.2 Å². The van der Waals surface area contributed by atoms with E-state index in [1.54, 1.807) is 11.3 Å².